The van der Waals surface area contributed by atoms with Crippen LogP contribution in [0.3, 0.4) is 0 Å². The van der Waals surface area contributed by atoms with E-state index in [1.807, 2.05) is 0 Å². The number of carbonyl (C=O) groups is 2. The van der Waals surface area contributed by atoms with E-state index in [0.29, 0.717) is 23.0 Å². The van der Waals surface area contributed by atoms with Gasteiger partial charge in [0.1, 0.15) is 0 Å². The molecule has 0 bridgehead atoms. The van der Waals surface area contributed by atoms with Crippen molar-refractivity contribution in [3.63, 3.8) is 0 Å². The number of benzene rings is 1. The number of nitrogens with one attached hydrogen (secondary N) is 1. The smallest absolute Gasteiger partial charge is 0.257 e. The molecule has 0 saturated heterocycles. The van der Waals surface area contributed by atoms with Gasteiger partial charge < -0.3 is 14.8 Å². The van der Waals surface area contributed by atoms with Gasteiger partial charge in [-0.2, -0.15) is 0 Å². The minimum atomic E-state index is -0.131. The summed E-state index contributed by atoms with van der Waals surface area (Å²) in [6, 6.07) is 4.95. The fourth-order valence-corrected chi connectivity index (χ4v) is 2.85. The molecule has 1 aromatic rings. The first-order valence-corrected chi connectivity index (χ1v) is 8.18. The number of hydrogen-bond donors (Lipinski definition) is 1. The lowest BCUT2D eigenvalue weighted by Crippen LogP contribution is -2.33. The molecule has 126 valence electrons. The van der Waals surface area contributed by atoms with Crippen LogP contribution in [0.4, 0.5) is 0 Å². The SMILES string of the molecule is COc1cc(C(C)=O)ccc1OCC(=O)NCC1CCCCC1. The van der Waals surface area contributed by atoms with Crippen molar-refractivity contribution >= 4 is 11.7 Å². The van der Waals surface area contributed by atoms with Crippen LogP contribution in [-0.2, 0) is 4.79 Å². The van der Waals surface area contributed by atoms with Gasteiger partial charge in [0.05, 0.1) is 7.11 Å². The fraction of sp³-hybridized carbons (Fsp3) is 0.556. The second kappa shape index (κ2) is 8.56. The van der Waals surface area contributed by atoms with Gasteiger partial charge in [-0.05, 0) is 43.9 Å². The van der Waals surface area contributed by atoms with Gasteiger partial charge in [0.15, 0.2) is 23.9 Å². The van der Waals surface area contributed by atoms with E-state index in [9.17, 15) is 9.59 Å². The van der Waals surface area contributed by atoms with Crippen molar-refractivity contribution in [2.45, 2.75) is 39.0 Å². The standard InChI is InChI=1S/C18H25NO4/c1-13(20)15-8-9-16(17(10-15)22-2)23-12-18(21)19-11-14-6-4-3-5-7-14/h8-10,14H,3-7,11-12H2,1-2H3,(H,19,21). The highest BCUT2D eigenvalue weighted by atomic mass is 16.5. The minimum Gasteiger partial charge on any atom is -0.493 e. The van der Waals surface area contributed by atoms with Crippen molar-refractivity contribution in [1.82, 2.24) is 5.32 Å². The molecule has 5 heteroatoms. The van der Waals surface area contributed by atoms with Gasteiger partial charge in [-0.3, -0.25) is 9.59 Å². The Balaban J connectivity index is 1.82. The molecule has 0 spiro atoms. The molecule has 1 aliphatic carbocycles. The lowest BCUT2D eigenvalue weighted by Gasteiger charge is -2.21. The molecule has 1 aliphatic rings. The summed E-state index contributed by atoms with van der Waals surface area (Å²) >= 11 is 0. The molecule has 0 unspecified atom stereocenters. The van der Waals surface area contributed by atoms with E-state index in [4.69, 9.17) is 9.47 Å². The second-order valence-electron chi connectivity index (χ2n) is 6.02. The summed E-state index contributed by atoms with van der Waals surface area (Å²) in [7, 11) is 1.51. The minimum absolute atomic E-state index is 0.0416. The maximum Gasteiger partial charge on any atom is 0.257 e. The van der Waals surface area contributed by atoms with Crippen LogP contribution in [0.25, 0.3) is 0 Å². The number of Topliss-reactive ketones (excluding diaryl/α,β-unsaturated/α-hetero) is 1. The Morgan fingerprint density at radius 3 is 2.57 bits per heavy atom. The summed E-state index contributed by atoms with van der Waals surface area (Å²) in [6.45, 7) is 2.17. The van der Waals surface area contributed by atoms with E-state index in [-0.39, 0.29) is 18.3 Å². The average molecular weight is 319 g/mol. The zero-order valence-corrected chi connectivity index (χ0v) is 13.9. The fourth-order valence-electron chi connectivity index (χ4n) is 2.85. The number of ether oxygens (including phenoxy) is 2. The molecule has 2 rings (SSSR count). The Bertz CT molecular complexity index is 550. The molecule has 0 aromatic heterocycles. The van der Waals surface area contributed by atoms with E-state index in [1.165, 1.54) is 46.1 Å². The number of carbonyl (C=O) groups excluding carboxylic acids is 2. The molecule has 0 radical (unpaired) electrons. The maximum absolute atomic E-state index is 11.9. The molecule has 1 N–H and O–H groups in total. The van der Waals surface area contributed by atoms with Gasteiger partial charge in [0.25, 0.3) is 5.91 Å². The first-order chi connectivity index (χ1) is 11.1. The number of amides is 1. The van der Waals surface area contributed by atoms with Crippen LogP contribution in [0.5, 0.6) is 11.5 Å². The molecule has 1 fully saturated rings. The van der Waals surface area contributed by atoms with Crippen LogP contribution < -0.4 is 14.8 Å². The lowest BCUT2D eigenvalue weighted by atomic mass is 9.89. The van der Waals surface area contributed by atoms with Crippen LogP contribution in [-0.4, -0.2) is 32.0 Å². The predicted octanol–water partition coefficient (Wildman–Crippen LogP) is 2.97. The van der Waals surface area contributed by atoms with Gasteiger partial charge in [-0.15, -0.1) is 0 Å². The Morgan fingerprint density at radius 2 is 1.91 bits per heavy atom. The molecule has 1 saturated carbocycles. The zero-order valence-electron chi connectivity index (χ0n) is 13.9. The highest BCUT2D eigenvalue weighted by molar-refractivity contribution is 5.94. The number of rotatable bonds is 7. The van der Waals surface area contributed by atoms with E-state index < -0.39 is 0 Å². The third kappa shape index (κ3) is 5.27. The highest BCUT2D eigenvalue weighted by Crippen LogP contribution is 2.28. The molecule has 0 atom stereocenters. The van der Waals surface area contributed by atoms with Crippen molar-refractivity contribution < 1.29 is 19.1 Å². The van der Waals surface area contributed by atoms with Crippen LogP contribution in [0.15, 0.2) is 18.2 Å². The average Bonchev–Trinajstić information content (AvgIpc) is 2.58. The first kappa shape index (κ1) is 17.3. The van der Waals surface area contributed by atoms with Crippen LogP contribution in [0.2, 0.25) is 0 Å². The van der Waals surface area contributed by atoms with E-state index in [0.717, 1.165) is 6.54 Å². The second-order valence-corrected chi connectivity index (χ2v) is 6.02. The van der Waals surface area contributed by atoms with Crippen molar-refractivity contribution in [3.8, 4) is 11.5 Å². The molecule has 0 aliphatic heterocycles. The maximum atomic E-state index is 11.9. The summed E-state index contributed by atoms with van der Waals surface area (Å²) in [6.07, 6.45) is 6.22. The molecule has 1 amide bonds. The van der Waals surface area contributed by atoms with Crippen molar-refractivity contribution in [3.05, 3.63) is 23.8 Å². The van der Waals surface area contributed by atoms with E-state index in [2.05, 4.69) is 5.32 Å². The Morgan fingerprint density at radius 1 is 1.17 bits per heavy atom. The third-order valence-corrected chi connectivity index (χ3v) is 4.24. The van der Waals surface area contributed by atoms with Crippen molar-refractivity contribution in [2.24, 2.45) is 5.92 Å². The monoisotopic (exact) mass is 319 g/mol. The summed E-state index contributed by atoms with van der Waals surface area (Å²) in [5.74, 6) is 1.34. The van der Waals surface area contributed by atoms with Crippen LogP contribution >= 0.6 is 0 Å². The van der Waals surface area contributed by atoms with Gasteiger partial charge in [0, 0.05) is 12.1 Å². The zero-order chi connectivity index (χ0) is 16.7. The Hall–Kier alpha value is -2.04. The molecular formula is C18H25NO4. The lowest BCUT2D eigenvalue weighted by molar-refractivity contribution is -0.123. The van der Waals surface area contributed by atoms with Gasteiger partial charge in [0.2, 0.25) is 0 Å². The third-order valence-electron chi connectivity index (χ3n) is 4.24. The van der Waals surface area contributed by atoms with Crippen LogP contribution in [0, 0.1) is 5.92 Å². The van der Waals surface area contributed by atoms with Crippen molar-refractivity contribution in [2.75, 3.05) is 20.3 Å². The van der Waals surface area contributed by atoms with Gasteiger partial charge in [-0.1, -0.05) is 19.3 Å². The summed E-state index contributed by atoms with van der Waals surface area (Å²) < 4.78 is 10.7. The number of ketones is 1. The topological polar surface area (TPSA) is 64.6 Å². The predicted molar refractivity (Wildman–Crippen MR) is 88.1 cm³/mol. The van der Waals surface area contributed by atoms with Crippen LogP contribution in [0.1, 0.15) is 49.4 Å². The normalized spacial score (nSPS) is 15.0. The molecule has 23 heavy (non-hydrogen) atoms. The van der Waals surface area contributed by atoms with Crippen molar-refractivity contribution in [1.29, 1.82) is 0 Å². The highest BCUT2D eigenvalue weighted by Gasteiger charge is 2.15. The summed E-state index contributed by atoms with van der Waals surface area (Å²) in [5.41, 5.74) is 0.552. The molecular weight excluding hydrogens is 294 g/mol. The summed E-state index contributed by atoms with van der Waals surface area (Å²) in [4.78, 5) is 23.3. The molecule has 0 heterocycles. The van der Waals surface area contributed by atoms with E-state index in [1.54, 1.807) is 18.2 Å². The Labute approximate surface area is 137 Å². The van der Waals surface area contributed by atoms with Gasteiger partial charge >= 0.3 is 0 Å². The first-order valence-electron chi connectivity index (χ1n) is 8.18. The molecule has 5 nitrogen and oxygen atoms in total. The Kier molecular flexibility index (Phi) is 6.44. The van der Waals surface area contributed by atoms with Gasteiger partial charge in [-0.25, -0.2) is 0 Å². The number of hydrogen-bond acceptors (Lipinski definition) is 4. The quantitative estimate of drug-likeness (QED) is 0.785. The van der Waals surface area contributed by atoms with E-state index >= 15 is 0 Å². The molecule has 1 aromatic carbocycles. The summed E-state index contributed by atoms with van der Waals surface area (Å²) in [5, 5.41) is 2.93. The largest absolute Gasteiger partial charge is 0.493 e. The number of methoxy groups -OCH3 is 1.